The molecule has 0 amide bonds. The van der Waals surface area contributed by atoms with Crippen LogP contribution in [-0.2, 0) is 74.8 Å². The summed E-state index contributed by atoms with van der Waals surface area (Å²) in [6.07, 6.45) is 0. The molecule has 40 nitrogen and oxygen atoms in total. The lowest BCUT2D eigenvalue weighted by Gasteiger charge is -2.34. The fourth-order valence-electron chi connectivity index (χ4n) is 14.0. The zero-order chi connectivity index (χ0) is 83.3. The molecular formula is C70H52N16O24S6. The molecule has 0 bridgehead atoms. The lowest BCUT2D eigenvalue weighted by atomic mass is 9.80. The van der Waals surface area contributed by atoms with Crippen molar-refractivity contribution in [3.63, 3.8) is 0 Å². The van der Waals surface area contributed by atoms with Crippen molar-refractivity contribution in [1.29, 1.82) is 0 Å². The Bertz CT molecular complexity index is 6950. The van der Waals surface area contributed by atoms with Crippen LogP contribution in [0.25, 0.3) is 44.1 Å². The number of rotatable bonds is 20. The van der Waals surface area contributed by atoms with Gasteiger partial charge in [-0.3, -0.25) is 56.1 Å². The van der Waals surface area contributed by atoms with E-state index in [1.807, 2.05) is 0 Å². The molecule has 14 N–H and O–H groups in total. The molecule has 12 aromatic rings. The highest BCUT2D eigenvalue weighted by Crippen LogP contribution is 2.48. The molecule has 1 fully saturated rings. The number of pyridine rings is 2. The summed E-state index contributed by atoms with van der Waals surface area (Å²) in [6.45, 7) is -0.227. The number of fused-ring (bicyclic) bond motifs is 4. The number of aromatic nitrogens is 8. The summed E-state index contributed by atoms with van der Waals surface area (Å²) in [5, 5.41) is 10.5. The number of carbonyl (C=O) groups is 4. The van der Waals surface area contributed by atoms with Crippen LogP contribution in [0.1, 0.15) is 63.7 Å². The fourth-order valence-corrected chi connectivity index (χ4v) is 17.8. The third kappa shape index (κ3) is 13.9. The van der Waals surface area contributed by atoms with E-state index in [0.717, 1.165) is 57.7 Å². The van der Waals surface area contributed by atoms with Crippen molar-refractivity contribution in [2.75, 3.05) is 68.7 Å². The van der Waals surface area contributed by atoms with Crippen molar-refractivity contribution in [1.82, 2.24) is 39.0 Å². The van der Waals surface area contributed by atoms with Gasteiger partial charge >= 0.3 is 0 Å². The van der Waals surface area contributed by atoms with Gasteiger partial charge in [-0.2, -0.15) is 80.4 Å². The summed E-state index contributed by atoms with van der Waals surface area (Å²) in [7, 11) is -29.3. The molecule has 3 aliphatic rings. The first-order chi connectivity index (χ1) is 54.4. The number of nitrogens with zero attached hydrogens (tertiary/aromatic N) is 10. The number of aryl methyl sites for hydroxylation is 2. The number of carbonyl (C=O) groups excluding carboxylic acids is 4. The van der Waals surface area contributed by atoms with E-state index in [-0.39, 0.29) is 127 Å². The number of hydrogen-bond donors (Lipinski definition) is 12. The van der Waals surface area contributed by atoms with Crippen molar-refractivity contribution in [2.45, 2.75) is 29.4 Å². The van der Waals surface area contributed by atoms with Crippen LogP contribution in [0.15, 0.2) is 185 Å². The lowest BCUT2D eigenvalue weighted by Crippen LogP contribution is -2.48. The lowest BCUT2D eigenvalue weighted by molar-refractivity contribution is 0.102. The standard InChI is InChI=1S/C70H52N16O24S6/c1-83-45-19-17-39(53-55(45)51(35-13-3-5-15-37(35)61(53)89)57(63(83)91)59(87)31-9-7-11-33(25-31)111(93,94)95)73-41-27-43(49(115(105,106)107)29-47(41)113(99,100)101)75-67-77-65(71)79-69(81-67)85-21-23-86(24-22-85)70-80-66(72)78-68(82-70)76-44-28-42(48(114(102,103)104)30-50(44)116(108,109)110)74-40-18-20-46-56-52(36-14-4-6-16-38(36)62(90)54(40)56)58(64(92)84(46)2)60(88)32-10-8-12-34(26-32)112(96,97)98/h3-20,25-30,73-74H,21-24H2,1-2H3,(H,93,94,95)(H,96,97,98)(H,99,100,101)(H,102,103,104)(H,105,106,107)(H,108,109,110)(H3,71,75,77,79,81)(H3,72,76,78,80,82). The van der Waals surface area contributed by atoms with Crippen LogP contribution in [-0.4, -0.2) is 166 Å². The van der Waals surface area contributed by atoms with E-state index in [1.165, 1.54) is 109 Å². The van der Waals surface area contributed by atoms with Gasteiger partial charge in [0.05, 0.1) is 77.2 Å². The molecule has 0 spiro atoms. The van der Waals surface area contributed by atoms with Gasteiger partial charge in [-0.25, -0.2) is 0 Å². The first-order valence-corrected chi connectivity index (χ1v) is 41.9. The number of nitrogen functional groups attached to an aromatic ring is 2. The van der Waals surface area contributed by atoms with E-state index < -0.39 is 182 Å². The molecule has 116 heavy (non-hydrogen) atoms. The molecule has 0 radical (unpaired) electrons. The monoisotopic (exact) mass is 1690 g/mol. The molecule has 0 saturated carbocycles. The largest absolute Gasteiger partial charge is 0.368 e. The molecule has 4 aromatic heterocycles. The quantitative estimate of drug-likeness (QED) is 0.0327. The Morgan fingerprint density at radius 2 is 0.690 bits per heavy atom. The maximum absolute atomic E-state index is 14.9. The third-order valence-corrected chi connectivity index (χ3v) is 24.4. The SMILES string of the molecule is Cn1c(=O)c(C(=O)c2cccc(S(=O)(=O)O)c2)c2c3c(c(Nc4cc(Nc5nc(N)nc(N6CCN(c7nc(N)nc(Nc8cc(Nc9ccc%10c%11c9C(=O)c9ccccc9-c%11c(C(=O)c9cccc(S(=O)(=O)O)c9)c(=O)n%10C)c(S(=O)(=O)O)cc8S(=O)(=O)O)n7)CC6)n5)c(S(=O)(=O)O)cc4S(=O)(=O)O)ccc31)C(=O)c1ccccc1-2. The van der Waals surface area contributed by atoms with Gasteiger partial charge in [0.25, 0.3) is 71.8 Å². The Morgan fingerprint density at radius 1 is 0.362 bits per heavy atom. The van der Waals surface area contributed by atoms with E-state index in [0.29, 0.717) is 12.1 Å². The van der Waals surface area contributed by atoms with Gasteiger partial charge in [-0.15, -0.1) is 0 Å². The molecule has 0 atom stereocenters. The minimum Gasteiger partial charge on any atom is -0.368 e. The molecule has 8 aromatic carbocycles. The third-order valence-electron chi connectivity index (χ3n) is 19.1. The first kappa shape index (κ1) is 78.0. The van der Waals surface area contributed by atoms with Gasteiger partial charge < -0.3 is 51.7 Å². The summed E-state index contributed by atoms with van der Waals surface area (Å²) in [6, 6.07) is 27.2. The molecule has 1 aliphatic heterocycles. The van der Waals surface area contributed by atoms with E-state index in [1.54, 1.807) is 0 Å². The van der Waals surface area contributed by atoms with Crippen molar-refractivity contribution >= 4 is 175 Å². The molecular weight excluding hydrogens is 1640 g/mol. The summed E-state index contributed by atoms with van der Waals surface area (Å²) in [4.78, 5) is 110. The summed E-state index contributed by atoms with van der Waals surface area (Å²) in [5.74, 6) is -6.17. The Balaban J connectivity index is 0.735. The van der Waals surface area contributed by atoms with Crippen LogP contribution in [0.2, 0.25) is 0 Å². The Labute approximate surface area is 652 Å². The maximum Gasteiger partial charge on any atom is 0.296 e. The second kappa shape index (κ2) is 27.8. The molecule has 0 unspecified atom stereocenters. The number of anilines is 12. The zero-order valence-corrected chi connectivity index (χ0v) is 63.7. The van der Waals surface area contributed by atoms with E-state index in [4.69, 9.17) is 11.5 Å². The normalized spacial score (nSPS) is 13.7. The second-order valence-corrected chi connectivity index (χ2v) is 34.5. The molecule has 1 saturated heterocycles. The van der Waals surface area contributed by atoms with E-state index in [9.17, 15) is 107 Å². The average molecular weight is 1690 g/mol. The molecule has 15 rings (SSSR count). The van der Waals surface area contributed by atoms with Crippen LogP contribution >= 0.6 is 0 Å². The molecule has 2 aliphatic carbocycles. The predicted molar refractivity (Wildman–Crippen MR) is 414 cm³/mol. The summed E-state index contributed by atoms with van der Waals surface area (Å²) in [5.41, 5.74) is 4.53. The van der Waals surface area contributed by atoms with Crippen LogP contribution in [0.3, 0.4) is 0 Å². The fraction of sp³-hybridized carbons (Fsp3) is 0.0857. The number of nitrogens with one attached hydrogen (secondary N) is 4. The van der Waals surface area contributed by atoms with Crippen LogP contribution in [0.5, 0.6) is 0 Å². The van der Waals surface area contributed by atoms with E-state index in [2.05, 4.69) is 51.2 Å². The van der Waals surface area contributed by atoms with Gasteiger partial charge in [0.15, 0.2) is 23.1 Å². The highest BCUT2D eigenvalue weighted by atomic mass is 32.2. The van der Waals surface area contributed by atoms with Crippen molar-refractivity contribution < 1.29 is 97.0 Å². The Morgan fingerprint density at radius 3 is 1.02 bits per heavy atom. The van der Waals surface area contributed by atoms with Crippen LogP contribution < -0.4 is 53.7 Å². The minimum atomic E-state index is -5.54. The molecule has 5 heterocycles. The van der Waals surface area contributed by atoms with Gasteiger partial charge in [0.1, 0.15) is 19.6 Å². The highest BCUT2D eigenvalue weighted by molar-refractivity contribution is 7.87. The van der Waals surface area contributed by atoms with Crippen LogP contribution in [0.4, 0.5) is 69.8 Å². The zero-order valence-electron chi connectivity index (χ0n) is 58.8. The summed E-state index contributed by atoms with van der Waals surface area (Å²) < 4.78 is 220. The predicted octanol–water partition coefficient (Wildman–Crippen LogP) is 5.59. The molecule has 592 valence electrons. The minimum absolute atomic E-state index is 0.0376. The van der Waals surface area contributed by atoms with E-state index >= 15 is 0 Å². The van der Waals surface area contributed by atoms with Gasteiger partial charge in [0, 0.05) is 84.4 Å². The first-order valence-electron chi connectivity index (χ1n) is 33.2. The topological polar surface area (TPSA) is 622 Å². The maximum atomic E-state index is 14.9. The van der Waals surface area contributed by atoms with Gasteiger partial charge in [-0.05, 0) is 83.9 Å². The van der Waals surface area contributed by atoms with Crippen molar-refractivity contribution in [2.24, 2.45) is 14.1 Å². The van der Waals surface area contributed by atoms with Gasteiger partial charge in [0.2, 0.25) is 35.7 Å². The number of benzene rings is 8. The van der Waals surface area contributed by atoms with Gasteiger partial charge in [-0.1, -0.05) is 72.8 Å². The number of nitrogens with two attached hydrogens (primary N) is 2. The summed E-state index contributed by atoms with van der Waals surface area (Å²) >= 11 is 0. The Kier molecular flexibility index (Phi) is 18.7. The Hall–Kier alpha value is -13.3. The molecule has 46 heteroatoms. The van der Waals surface area contributed by atoms with Crippen LogP contribution in [0, 0.1) is 0 Å². The van der Waals surface area contributed by atoms with Crippen molar-refractivity contribution in [3.8, 4) is 22.3 Å². The average Bonchev–Trinajstić information content (AvgIpc) is 0.707. The van der Waals surface area contributed by atoms with Crippen molar-refractivity contribution in [3.05, 3.63) is 211 Å². The number of piperazine rings is 1. The smallest absolute Gasteiger partial charge is 0.296 e. The second-order valence-electron chi connectivity index (χ2n) is 26.1. The number of hydrogen-bond acceptors (Lipinski definition) is 32. The number of ketones is 4. The highest BCUT2D eigenvalue weighted by Gasteiger charge is 2.39.